The zero-order valence-electron chi connectivity index (χ0n) is 14.1. The van der Waals surface area contributed by atoms with Crippen molar-refractivity contribution in [3.05, 3.63) is 35.9 Å². The molecule has 0 aromatic heterocycles. The highest BCUT2D eigenvalue weighted by atomic mass is 32.1. The predicted octanol–water partition coefficient (Wildman–Crippen LogP) is 0.784. The van der Waals surface area contributed by atoms with Gasteiger partial charge in [-0.2, -0.15) is 5.01 Å². The molecule has 130 valence electrons. The third-order valence-electron chi connectivity index (χ3n) is 3.82. The molecule has 1 aromatic rings. The average Bonchev–Trinajstić information content (AvgIpc) is 2.77. The van der Waals surface area contributed by atoms with Crippen LogP contribution in [0.15, 0.2) is 30.3 Å². The van der Waals surface area contributed by atoms with Gasteiger partial charge in [0.25, 0.3) is 5.91 Å². The lowest BCUT2D eigenvalue weighted by Crippen LogP contribution is -2.51. The minimum atomic E-state index is -1.11. The van der Waals surface area contributed by atoms with E-state index in [0.29, 0.717) is 6.54 Å². The summed E-state index contributed by atoms with van der Waals surface area (Å²) in [4.78, 5) is 26.9. The summed E-state index contributed by atoms with van der Waals surface area (Å²) in [6.45, 7) is 3.26. The summed E-state index contributed by atoms with van der Waals surface area (Å²) >= 11 is 5.16. The maximum Gasteiger partial charge on any atom is 0.344 e. The van der Waals surface area contributed by atoms with E-state index in [4.69, 9.17) is 12.2 Å². The van der Waals surface area contributed by atoms with Crippen LogP contribution in [0.5, 0.6) is 0 Å². The van der Waals surface area contributed by atoms with Gasteiger partial charge in [-0.15, -0.1) is 0 Å². The third kappa shape index (κ3) is 4.01. The molecule has 0 saturated carbocycles. The molecule has 1 aromatic carbocycles. The number of imide groups is 1. The van der Waals surface area contributed by atoms with Crippen LogP contribution in [-0.2, 0) is 10.3 Å². The van der Waals surface area contributed by atoms with Gasteiger partial charge < -0.3 is 15.5 Å². The van der Waals surface area contributed by atoms with Crippen molar-refractivity contribution >= 4 is 29.3 Å². The second-order valence-electron chi connectivity index (χ2n) is 6.09. The Morgan fingerprint density at radius 2 is 1.96 bits per heavy atom. The standard InChI is InChI=1S/C16H23N5O2S/c1-16(12-8-5-4-6-9-12)13(22)21(15(23)18-16)19-14(24)17-10-7-11-20(2)3/h4-6,8-9H,7,10-11H2,1-3H3,(H,18,23)(H2,17,19,24)/t16-/m0/s1. The van der Waals surface area contributed by atoms with E-state index in [1.54, 1.807) is 19.1 Å². The number of hydrazine groups is 1. The van der Waals surface area contributed by atoms with Crippen LogP contribution in [0, 0.1) is 0 Å². The molecule has 3 N–H and O–H groups in total. The molecular weight excluding hydrogens is 326 g/mol. The van der Waals surface area contributed by atoms with Crippen LogP contribution in [0.1, 0.15) is 18.9 Å². The Morgan fingerprint density at radius 1 is 1.29 bits per heavy atom. The van der Waals surface area contributed by atoms with Crippen LogP contribution in [0.3, 0.4) is 0 Å². The molecule has 3 amide bonds. The smallest absolute Gasteiger partial charge is 0.344 e. The monoisotopic (exact) mass is 349 g/mol. The van der Waals surface area contributed by atoms with Crippen molar-refractivity contribution in [1.29, 1.82) is 0 Å². The molecule has 1 aliphatic heterocycles. The fourth-order valence-corrected chi connectivity index (χ4v) is 2.64. The predicted molar refractivity (Wildman–Crippen MR) is 96.1 cm³/mol. The molecule has 2 rings (SSSR count). The highest BCUT2D eigenvalue weighted by molar-refractivity contribution is 7.80. The molecule has 1 aliphatic rings. The zero-order valence-corrected chi connectivity index (χ0v) is 14.9. The summed E-state index contributed by atoms with van der Waals surface area (Å²) in [7, 11) is 3.99. The van der Waals surface area contributed by atoms with Gasteiger partial charge in [0.15, 0.2) is 5.11 Å². The summed E-state index contributed by atoms with van der Waals surface area (Å²) in [6, 6.07) is 8.60. The molecule has 0 unspecified atom stereocenters. The van der Waals surface area contributed by atoms with E-state index >= 15 is 0 Å². The van der Waals surface area contributed by atoms with Gasteiger partial charge in [0.2, 0.25) is 0 Å². The summed E-state index contributed by atoms with van der Waals surface area (Å²) in [5, 5.41) is 6.88. The normalized spacial score (nSPS) is 20.2. The number of nitrogens with zero attached hydrogens (tertiary/aromatic N) is 2. The topological polar surface area (TPSA) is 76.7 Å². The third-order valence-corrected chi connectivity index (χ3v) is 4.06. The first-order chi connectivity index (χ1) is 11.3. The lowest BCUT2D eigenvalue weighted by Gasteiger charge is -2.22. The Balaban J connectivity index is 1.96. The van der Waals surface area contributed by atoms with Crippen molar-refractivity contribution < 1.29 is 9.59 Å². The highest BCUT2D eigenvalue weighted by Gasteiger charge is 2.49. The Labute approximate surface area is 147 Å². The number of carbonyl (C=O) groups is 2. The molecule has 1 fully saturated rings. The molecular formula is C16H23N5O2S. The van der Waals surface area contributed by atoms with Crippen LogP contribution < -0.4 is 16.1 Å². The van der Waals surface area contributed by atoms with E-state index in [-0.39, 0.29) is 5.11 Å². The van der Waals surface area contributed by atoms with Gasteiger partial charge in [0.1, 0.15) is 5.54 Å². The van der Waals surface area contributed by atoms with Gasteiger partial charge in [0, 0.05) is 6.54 Å². The van der Waals surface area contributed by atoms with Crippen LogP contribution >= 0.6 is 12.2 Å². The minimum Gasteiger partial charge on any atom is -0.361 e. The van der Waals surface area contributed by atoms with E-state index in [0.717, 1.165) is 23.5 Å². The molecule has 0 bridgehead atoms. The Hall–Kier alpha value is -2.19. The van der Waals surface area contributed by atoms with Gasteiger partial charge >= 0.3 is 6.03 Å². The number of hydrogen-bond acceptors (Lipinski definition) is 4. The maximum absolute atomic E-state index is 12.7. The van der Waals surface area contributed by atoms with E-state index in [1.807, 2.05) is 32.3 Å². The highest BCUT2D eigenvalue weighted by Crippen LogP contribution is 2.27. The van der Waals surface area contributed by atoms with E-state index in [9.17, 15) is 9.59 Å². The lowest BCUT2D eigenvalue weighted by molar-refractivity contribution is -0.132. The first-order valence-electron chi connectivity index (χ1n) is 7.76. The largest absolute Gasteiger partial charge is 0.361 e. The second-order valence-corrected chi connectivity index (χ2v) is 6.49. The van der Waals surface area contributed by atoms with Crippen molar-refractivity contribution in [3.63, 3.8) is 0 Å². The molecule has 1 saturated heterocycles. The van der Waals surface area contributed by atoms with Gasteiger partial charge in [-0.25, -0.2) is 4.79 Å². The number of benzene rings is 1. The van der Waals surface area contributed by atoms with E-state index in [2.05, 4.69) is 21.0 Å². The first kappa shape index (κ1) is 18.2. The quantitative estimate of drug-likeness (QED) is 0.400. The second kappa shape index (κ2) is 7.59. The van der Waals surface area contributed by atoms with Crippen molar-refractivity contribution in [3.8, 4) is 0 Å². The molecule has 1 atom stereocenters. The molecule has 0 radical (unpaired) electrons. The van der Waals surface area contributed by atoms with Crippen LogP contribution in [0.2, 0.25) is 0 Å². The molecule has 24 heavy (non-hydrogen) atoms. The van der Waals surface area contributed by atoms with Crippen molar-refractivity contribution in [2.45, 2.75) is 18.9 Å². The van der Waals surface area contributed by atoms with Crippen LogP contribution in [0.4, 0.5) is 4.79 Å². The first-order valence-corrected chi connectivity index (χ1v) is 8.17. The number of nitrogens with one attached hydrogen (secondary N) is 3. The number of amides is 3. The molecule has 7 nitrogen and oxygen atoms in total. The zero-order chi connectivity index (χ0) is 17.7. The SMILES string of the molecule is CN(C)CCCNC(=S)NN1C(=O)N[C@@](C)(c2ccccc2)C1=O. The minimum absolute atomic E-state index is 0.245. The summed E-state index contributed by atoms with van der Waals surface area (Å²) in [5.41, 5.74) is 2.28. The van der Waals surface area contributed by atoms with Gasteiger partial charge in [-0.05, 0) is 51.8 Å². The van der Waals surface area contributed by atoms with Crippen LogP contribution in [-0.4, -0.2) is 54.1 Å². The maximum atomic E-state index is 12.7. The van der Waals surface area contributed by atoms with E-state index < -0.39 is 17.5 Å². The summed E-state index contributed by atoms with van der Waals surface area (Å²) in [5.74, 6) is -0.392. The van der Waals surface area contributed by atoms with Crippen molar-refractivity contribution in [2.75, 3.05) is 27.2 Å². The number of urea groups is 1. The Kier molecular flexibility index (Phi) is 5.74. The molecule has 8 heteroatoms. The van der Waals surface area contributed by atoms with Gasteiger partial charge in [-0.1, -0.05) is 30.3 Å². The number of hydrogen-bond donors (Lipinski definition) is 3. The summed E-state index contributed by atoms with van der Waals surface area (Å²) in [6.07, 6.45) is 0.899. The van der Waals surface area contributed by atoms with Crippen LogP contribution in [0.25, 0.3) is 0 Å². The fourth-order valence-electron chi connectivity index (χ4n) is 2.45. The fraction of sp³-hybridized carbons (Fsp3) is 0.438. The van der Waals surface area contributed by atoms with Crippen molar-refractivity contribution in [2.24, 2.45) is 0 Å². The van der Waals surface area contributed by atoms with Gasteiger partial charge in [-0.3, -0.25) is 10.2 Å². The Morgan fingerprint density at radius 3 is 2.58 bits per heavy atom. The van der Waals surface area contributed by atoms with Crippen molar-refractivity contribution in [1.82, 2.24) is 26.0 Å². The number of thiocarbonyl (C=S) groups is 1. The Bertz CT molecular complexity index is 622. The molecule has 0 spiro atoms. The lowest BCUT2D eigenvalue weighted by atomic mass is 9.92. The number of carbonyl (C=O) groups excluding carboxylic acids is 2. The molecule has 1 heterocycles. The average molecular weight is 349 g/mol. The van der Waals surface area contributed by atoms with Gasteiger partial charge in [0.05, 0.1) is 0 Å². The summed E-state index contributed by atoms with van der Waals surface area (Å²) < 4.78 is 0. The van der Waals surface area contributed by atoms with E-state index in [1.165, 1.54) is 0 Å². The number of rotatable bonds is 6. The molecule has 0 aliphatic carbocycles.